The highest BCUT2D eigenvalue weighted by Gasteiger charge is 2.24. The van der Waals surface area contributed by atoms with E-state index in [4.69, 9.17) is 4.99 Å². The highest BCUT2D eigenvalue weighted by molar-refractivity contribution is 5.80. The number of likely N-dealkylation sites (N-methyl/N-ethyl adjacent to an activating group) is 1. The van der Waals surface area contributed by atoms with Crippen molar-refractivity contribution in [1.29, 1.82) is 0 Å². The Balaban J connectivity index is 1.48. The molecule has 2 heterocycles. The van der Waals surface area contributed by atoms with Gasteiger partial charge in [0.2, 0.25) is 0 Å². The van der Waals surface area contributed by atoms with Gasteiger partial charge in [-0.05, 0) is 39.7 Å². The van der Waals surface area contributed by atoms with Crippen molar-refractivity contribution in [3.8, 4) is 0 Å². The van der Waals surface area contributed by atoms with Crippen molar-refractivity contribution in [1.82, 2.24) is 30.3 Å². The standard InChI is InChI=1S/C18H33N7/c1-3-19-18(20-10-13-24(2)16-6-4-5-7-16)25-11-8-15(9-12-25)17-21-14-22-23-17/h14-16H,3-13H2,1-2H3,(H,19,20)(H,21,22,23). The Labute approximate surface area is 151 Å². The summed E-state index contributed by atoms with van der Waals surface area (Å²) in [6.07, 6.45) is 9.30. The normalized spacial score (nSPS) is 20.6. The van der Waals surface area contributed by atoms with Gasteiger partial charge in [-0.15, -0.1) is 0 Å². The Morgan fingerprint density at radius 1 is 1.32 bits per heavy atom. The molecule has 7 heteroatoms. The molecule has 0 bridgehead atoms. The Kier molecular flexibility index (Phi) is 6.67. The van der Waals surface area contributed by atoms with Crippen LogP contribution in [0.5, 0.6) is 0 Å². The maximum Gasteiger partial charge on any atom is 0.193 e. The second kappa shape index (κ2) is 9.17. The molecule has 1 saturated carbocycles. The molecule has 7 nitrogen and oxygen atoms in total. The summed E-state index contributed by atoms with van der Waals surface area (Å²) >= 11 is 0. The van der Waals surface area contributed by atoms with Gasteiger partial charge < -0.3 is 15.1 Å². The quantitative estimate of drug-likeness (QED) is 0.607. The molecule has 0 aromatic carbocycles. The summed E-state index contributed by atoms with van der Waals surface area (Å²) in [5, 5.41) is 10.5. The lowest BCUT2D eigenvalue weighted by Crippen LogP contribution is -2.45. The predicted octanol–water partition coefficient (Wildman–Crippen LogP) is 1.82. The van der Waals surface area contributed by atoms with E-state index in [2.05, 4.69) is 44.3 Å². The van der Waals surface area contributed by atoms with E-state index >= 15 is 0 Å². The van der Waals surface area contributed by atoms with E-state index in [0.29, 0.717) is 5.92 Å². The molecule has 1 aromatic rings. The number of guanidine groups is 1. The average Bonchev–Trinajstić information content (AvgIpc) is 3.34. The minimum atomic E-state index is 0.495. The summed E-state index contributed by atoms with van der Waals surface area (Å²) in [7, 11) is 2.25. The summed E-state index contributed by atoms with van der Waals surface area (Å²) in [6, 6.07) is 0.774. The zero-order valence-electron chi connectivity index (χ0n) is 15.7. The van der Waals surface area contributed by atoms with E-state index in [9.17, 15) is 0 Å². The largest absolute Gasteiger partial charge is 0.357 e. The fraction of sp³-hybridized carbons (Fsp3) is 0.833. The van der Waals surface area contributed by atoms with Crippen LogP contribution in [0.1, 0.15) is 57.2 Å². The van der Waals surface area contributed by atoms with Gasteiger partial charge in [-0.2, -0.15) is 5.10 Å². The number of H-pyrrole nitrogens is 1. The van der Waals surface area contributed by atoms with E-state index in [1.807, 2.05) is 0 Å². The van der Waals surface area contributed by atoms with Gasteiger partial charge in [-0.3, -0.25) is 10.1 Å². The molecule has 0 radical (unpaired) electrons. The molecule has 0 amide bonds. The van der Waals surface area contributed by atoms with Crippen LogP contribution in [0.25, 0.3) is 0 Å². The van der Waals surface area contributed by atoms with Gasteiger partial charge >= 0.3 is 0 Å². The first kappa shape index (κ1) is 18.2. The molecule has 0 spiro atoms. The van der Waals surface area contributed by atoms with Crippen molar-refractivity contribution in [3.63, 3.8) is 0 Å². The first-order chi connectivity index (χ1) is 12.3. The van der Waals surface area contributed by atoms with Gasteiger partial charge in [0.25, 0.3) is 0 Å². The fourth-order valence-corrected chi connectivity index (χ4v) is 4.04. The lowest BCUT2D eigenvalue weighted by atomic mass is 9.96. The Hall–Kier alpha value is -1.63. The highest BCUT2D eigenvalue weighted by atomic mass is 15.3. The minimum Gasteiger partial charge on any atom is -0.357 e. The average molecular weight is 348 g/mol. The molecule has 0 unspecified atom stereocenters. The monoisotopic (exact) mass is 347 g/mol. The van der Waals surface area contributed by atoms with E-state index < -0.39 is 0 Å². The maximum atomic E-state index is 4.89. The number of piperidine rings is 1. The van der Waals surface area contributed by atoms with E-state index in [1.54, 1.807) is 6.33 Å². The maximum absolute atomic E-state index is 4.89. The topological polar surface area (TPSA) is 72.4 Å². The molecule has 3 rings (SSSR count). The number of likely N-dealkylation sites (tertiary alicyclic amines) is 1. The van der Waals surface area contributed by atoms with Crippen molar-refractivity contribution in [2.45, 2.75) is 57.4 Å². The van der Waals surface area contributed by atoms with Gasteiger partial charge in [0, 0.05) is 38.1 Å². The third-order valence-electron chi connectivity index (χ3n) is 5.61. The zero-order valence-corrected chi connectivity index (χ0v) is 15.7. The molecule has 1 aliphatic heterocycles. The number of hydrogen-bond donors (Lipinski definition) is 2. The molecule has 2 fully saturated rings. The molecule has 25 heavy (non-hydrogen) atoms. The van der Waals surface area contributed by atoms with Crippen LogP contribution in [0.4, 0.5) is 0 Å². The molecular weight excluding hydrogens is 314 g/mol. The zero-order chi connectivity index (χ0) is 17.5. The molecule has 140 valence electrons. The van der Waals surface area contributed by atoms with Crippen molar-refractivity contribution in [3.05, 3.63) is 12.2 Å². The van der Waals surface area contributed by atoms with Crippen LogP contribution < -0.4 is 5.32 Å². The second-order valence-corrected chi connectivity index (χ2v) is 7.29. The van der Waals surface area contributed by atoms with Gasteiger partial charge in [0.15, 0.2) is 5.96 Å². The molecule has 2 aliphatic rings. The second-order valence-electron chi connectivity index (χ2n) is 7.29. The van der Waals surface area contributed by atoms with Crippen molar-refractivity contribution < 1.29 is 0 Å². The SMILES string of the molecule is CCNC(=NCCN(C)C1CCCC1)N1CCC(c2ncn[nH]2)CC1. The van der Waals surface area contributed by atoms with E-state index in [-0.39, 0.29) is 0 Å². The van der Waals surface area contributed by atoms with Crippen LogP contribution in [0.2, 0.25) is 0 Å². The summed E-state index contributed by atoms with van der Waals surface area (Å²) in [5.74, 6) is 2.59. The molecule has 0 atom stereocenters. The summed E-state index contributed by atoms with van der Waals surface area (Å²) < 4.78 is 0. The number of nitrogens with zero attached hydrogens (tertiary/aromatic N) is 5. The number of rotatable bonds is 6. The molecular formula is C18H33N7. The van der Waals surface area contributed by atoms with Gasteiger partial charge in [-0.1, -0.05) is 12.8 Å². The van der Waals surface area contributed by atoms with Crippen LogP contribution >= 0.6 is 0 Å². The van der Waals surface area contributed by atoms with Crippen LogP contribution in [-0.4, -0.2) is 76.8 Å². The third kappa shape index (κ3) is 4.93. The Morgan fingerprint density at radius 3 is 2.72 bits per heavy atom. The van der Waals surface area contributed by atoms with Crippen molar-refractivity contribution in [2.75, 3.05) is 39.8 Å². The first-order valence-corrected chi connectivity index (χ1v) is 9.86. The van der Waals surface area contributed by atoms with Crippen LogP contribution in [0, 0.1) is 0 Å². The van der Waals surface area contributed by atoms with Crippen molar-refractivity contribution in [2.24, 2.45) is 4.99 Å². The lowest BCUT2D eigenvalue weighted by Gasteiger charge is -2.33. The first-order valence-electron chi connectivity index (χ1n) is 9.86. The number of nitrogens with one attached hydrogen (secondary N) is 2. The summed E-state index contributed by atoms with van der Waals surface area (Å²) in [4.78, 5) is 14.1. The molecule has 1 aliphatic carbocycles. The number of aromatic amines is 1. The van der Waals surface area contributed by atoms with Gasteiger partial charge in [-0.25, -0.2) is 4.98 Å². The van der Waals surface area contributed by atoms with Gasteiger partial charge in [0.1, 0.15) is 12.2 Å². The molecule has 2 N–H and O–H groups in total. The Bertz CT molecular complexity index is 514. The minimum absolute atomic E-state index is 0.495. The van der Waals surface area contributed by atoms with E-state index in [1.165, 1.54) is 25.7 Å². The molecule has 1 aromatic heterocycles. The fourth-order valence-electron chi connectivity index (χ4n) is 4.04. The van der Waals surface area contributed by atoms with Crippen LogP contribution in [-0.2, 0) is 0 Å². The van der Waals surface area contributed by atoms with E-state index in [0.717, 1.165) is 63.4 Å². The number of aliphatic imine (C=N–C) groups is 1. The van der Waals surface area contributed by atoms with Gasteiger partial charge in [0.05, 0.1) is 6.54 Å². The number of hydrogen-bond acceptors (Lipinski definition) is 4. The lowest BCUT2D eigenvalue weighted by molar-refractivity contribution is 0.251. The smallest absolute Gasteiger partial charge is 0.193 e. The third-order valence-corrected chi connectivity index (χ3v) is 5.61. The molecule has 1 saturated heterocycles. The van der Waals surface area contributed by atoms with Crippen molar-refractivity contribution >= 4 is 5.96 Å². The predicted molar refractivity (Wildman–Crippen MR) is 101 cm³/mol. The number of aromatic nitrogens is 3. The van der Waals surface area contributed by atoms with Crippen LogP contribution in [0.3, 0.4) is 0 Å². The Morgan fingerprint density at radius 2 is 2.08 bits per heavy atom. The summed E-state index contributed by atoms with van der Waals surface area (Å²) in [5.41, 5.74) is 0. The highest BCUT2D eigenvalue weighted by Crippen LogP contribution is 2.25. The summed E-state index contributed by atoms with van der Waals surface area (Å²) in [6.45, 7) is 7.03. The van der Waals surface area contributed by atoms with Crippen LogP contribution in [0.15, 0.2) is 11.3 Å².